The van der Waals surface area contributed by atoms with E-state index in [9.17, 15) is 4.39 Å². The van der Waals surface area contributed by atoms with E-state index in [1.54, 1.807) is 6.07 Å². The van der Waals surface area contributed by atoms with Crippen LogP contribution in [0.4, 0.5) is 4.39 Å². The topological polar surface area (TPSA) is 25.8 Å². The molecule has 3 heteroatoms. The standard InChI is InChI=1S/C26H37FN2/c1-3-5-7-8-9-20-11-13-21(14-12-20)24-18-28-26(29-19-24)23-16-15-22(10-6-4-2)25(27)17-23/h15-21H,3-14H2,1-2H3/t20-,21-. The van der Waals surface area contributed by atoms with E-state index in [0.29, 0.717) is 11.7 Å². The Morgan fingerprint density at radius 1 is 0.897 bits per heavy atom. The average Bonchev–Trinajstić information content (AvgIpc) is 2.76. The van der Waals surface area contributed by atoms with Gasteiger partial charge in [0.2, 0.25) is 0 Å². The third kappa shape index (κ3) is 6.35. The van der Waals surface area contributed by atoms with Gasteiger partial charge >= 0.3 is 0 Å². The molecule has 1 aliphatic carbocycles. The van der Waals surface area contributed by atoms with Gasteiger partial charge in [0.1, 0.15) is 5.82 Å². The molecule has 1 heterocycles. The fourth-order valence-electron chi connectivity index (χ4n) is 4.60. The molecule has 2 aromatic rings. The Kier molecular flexibility index (Phi) is 8.64. The second-order valence-electron chi connectivity index (χ2n) is 8.82. The predicted octanol–water partition coefficient (Wildman–Crippen LogP) is 7.87. The molecule has 0 atom stereocenters. The summed E-state index contributed by atoms with van der Waals surface area (Å²) >= 11 is 0. The van der Waals surface area contributed by atoms with Gasteiger partial charge in [0.25, 0.3) is 0 Å². The monoisotopic (exact) mass is 396 g/mol. The summed E-state index contributed by atoms with van der Waals surface area (Å²) in [5.41, 5.74) is 2.81. The molecule has 3 rings (SSSR count). The lowest BCUT2D eigenvalue weighted by Gasteiger charge is -2.28. The van der Waals surface area contributed by atoms with E-state index in [2.05, 4.69) is 23.8 Å². The highest BCUT2D eigenvalue weighted by Crippen LogP contribution is 2.37. The van der Waals surface area contributed by atoms with Gasteiger partial charge in [-0.05, 0) is 67.6 Å². The average molecular weight is 397 g/mol. The summed E-state index contributed by atoms with van der Waals surface area (Å²) in [6.07, 6.45) is 18.9. The van der Waals surface area contributed by atoms with Crippen molar-refractivity contribution in [2.75, 3.05) is 0 Å². The molecule has 0 spiro atoms. The maximum absolute atomic E-state index is 14.3. The number of hydrogen-bond acceptors (Lipinski definition) is 2. The van der Waals surface area contributed by atoms with Crippen LogP contribution in [-0.2, 0) is 6.42 Å². The van der Waals surface area contributed by atoms with Crippen molar-refractivity contribution in [1.29, 1.82) is 0 Å². The second kappa shape index (κ2) is 11.4. The summed E-state index contributed by atoms with van der Waals surface area (Å²) in [5.74, 6) is 1.99. The molecule has 1 saturated carbocycles. The lowest BCUT2D eigenvalue weighted by molar-refractivity contribution is 0.301. The summed E-state index contributed by atoms with van der Waals surface area (Å²) in [7, 11) is 0. The van der Waals surface area contributed by atoms with E-state index >= 15 is 0 Å². The van der Waals surface area contributed by atoms with E-state index in [4.69, 9.17) is 0 Å². The molecule has 29 heavy (non-hydrogen) atoms. The van der Waals surface area contributed by atoms with Gasteiger partial charge in [-0.2, -0.15) is 0 Å². The molecular formula is C26H37FN2. The zero-order valence-electron chi connectivity index (χ0n) is 18.3. The zero-order chi connectivity index (χ0) is 20.5. The number of hydrogen-bond donors (Lipinski definition) is 0. The van der Waals surface area contributed by atoms with Gasteiger partial charge in [0.15, 0.2) is 5.82 Å². The molecule has 1 aromatic carbocycles. The van der Waals surface area contributed by atoms with Crippen LogP contribution in [-0.4, -0.2) is 9.97 Å². The normalized spacial score (nSPS) is 19.4. The molecule has 0 aliphatic heterocycles. The molecule has 1 aromatic heterocycles. The quantitative estimate of drug-likeness (QED) is 0.382. The van der Waals surface area contributed by atoms with E-state index in [-0.39, 0.29) is 5.82 Å². The summed E-state index contributed by atoms with van der Waals surface area (Å²) in [5, 5.41) is 0. The van der Waals surface area contributed by atoms with Crippen molar-refractivity contribution in [3.05, 3.63) is 47.5 Å². The lowest BCUT2D eigenvalue weighted by atomic mass is 9.77. The number of aromatic nitrogens is 2. The largest absolute Gasteiger partial charge is 0.236 e. The van der Waals surface area contributed by atoms with Gasteiger partial charge in [0.05, 0.1) is 0 Å². The first-order valence-electron chi connectivity index (χ1n) is 11.8. The molecule has 0 radical (unpaired) electrons. The van der Waals surface area contributed by atoms with Crippen LogP contribution in [0, 0.1) is 11.7 Å². The van der Waals surface area contributed by atoms with Gasteiger partial charge in [-0.3, -0.25) is 0 Å². The first kappa shape index (κ1) is 21.9. The van der Waals surface area contributed by atoms with Crippen molar-refractivity contribution in [3.8, 4) is 11.4 Å². The van der Waals surface area contributed by atoms with E-state index in [1.165, 1.54) is 63.4 Å². The van der Waals surface area contributed by atoms with Crippen LogP contribution >= 0.6 is 0 Å². The number of rotatable bonds is 10. The number of nitrogens with zero attached hydrogens (tertiary/aromatic N) is 2. The Bertz CT molecular complexity index is 733. The number of benzene rings is 1. The minimum absolute atomic E-state index is 0.138. The minimum atomic E-state index is -0.138. The molecule has 0 amide bonds. The molecule has 0 bridgehead atoms. The van der Waals surface area contributed by atoms with Crippen molar-refractivity contribution in [3.63, 3.8) is 0 Å². The highest BCUT2D eigenvalue weighted by Gasteiger charge is 2.22. The van der Waals surface area contributed by atoms with Crippen molar-refractivity contribution >= 4 is 0 Å². The minimum Gasteiger partial charge on any atom is -0.236 e. The van der Waals surface area contributed by atoms with Crippen LogP contribution in [0.15, 0.2) is 30.6 Å². The molecular weight excluding hydrogens is 359 g/mol. The van der Waals surface area contributed by atoms with Gasteiger partial charge in [-0.25, -0.2) is 14.4 Å². The lowest BCUT2D eigenvalue weighted by Crippen LogP contribution is -2.14. The SMILES string of the molecule is CCCCCC[C@H]1CC[C@H](c2cnc(-c3ccc(CCCC)c(F)c3)nc2)CC1. The van der Waals surface area contributed by atoms with Crippen molar-refractivity contribution in [1.82, 2.24) is 9.97 Å². The summed E-state index contributed by atoms with van der Waals surface area (Å²) in [4.78, 5) is 9.14. The molecule has 0 N–H and O–H groups in total. The molecule has 2 nitrogen and oxygen atoms in total. The molecule has 158 valence electrons. The Hall–Kier alpha value is -1.77. The van der Waals surface area contributed by atoms with Crippen LogP contribution < -0.4 is 0 Å². The van der Waals surface area contributed by atoms with E-state index < -0.39 is 0 Å². The van der Waals surface area contributed by atoms with Gasteiger partial charge in [0, 0.05) is 18.0 Å². The molecule has 1 fully saturated rings. The molecule has 1 aliphatic rings. The number of unbranched alkanes of at least 4 members (excludes halogenated alkanes) is 4. The summed E-state index contributed by atoms with van der Waals surface area (Å²) < 4.78 is 14.3. The highest BCUT2D eigenvalue weighted by atomic mass is 19.1. The second-order valence-corrected chi connectivity index (χ2v) is 8.82. The Morgan fingerprint density at radius 2 is 1.62 bits per heavy atom. The zero-order valence-corrected chi connectivity index (χ0v) is 18.3. The van der Waals surface area contributed by atoms with Crippen LogP contribution in [0.1, 0.15) is 102 Å². The van der Waals surface area contributed by atoms with Crippen LogP contribution in [0.3, 0.4) is 0 Å². The first-order chi connectivity index (χ1) is 14.2. The van der Waals surface area contributed by atoms with Crippen LogP contribution in [0.5, 0.6) is 0 Å². The van der Waals surface area contributed by atoms with Gasteiger partial charge < -0.3 is 0 Å². The Labute approximate surface area is 176 Å². The maximum Gasteiger partial charge on any atom is 0.159 e. The van der Waals surface area contributed by atoms with E-state index in [1.807, 2.05) is 24.5 Å². The summed E-state index contributed by atoms with van der Waals surface area (Å²) in [6, 6.07) is 5.43. The smallest absolute Gasteiger partial charge is 0.159 e. The Morgan fingerprint density at radius 3 is 2.28 bits per heavy atom. The Balaban J connectivity index is 1.54. The van der Waals surface area contributed by atoms with Crippen molar-refractivity contribution in [2.45, 2.75) is 96.8 Å². The van der Waals surface area contributed by atoms with Gasteiger partial charge in [-0.1, -0.05) is 64.5 Å². The molecule has 0 unspecified atom stereocenters. The summed E-state index contributed by atoms with van der Waals surface area (Å²) in [6.45, 7) is 4.40. The third-order valence-corrected chi connectivity index (χ3v) is 6.57. The number of halogens is 1. The fourth-order valence-corrected chi connectivity index (χ4v) is 4.60. The van der Waals surface area contributed by atoms with Crippen molar-refractivity contribution in [2.24, 2.45) is 5.92 Å². The van der Waals surface area contributed by atoms with Gasteiger partial charge in [-0.15, -0.1) is 0 Å². The van der Waals surface area contributed by atoms with Crippen molar-refractivity contribution < 1.29 is 4.39 Å². The molecule has 0 saturated heterocycles. The third-order valence-electron chi connectivity index (χ3n) is 6.57. The highest BCUT2D eigenvalue weighted by molar-refractivity contribution is 5.55. The first-order valence-corrected chi connectivity index (χ1v) is 11.8. The predicted molar refractivity (Wildman–Crippen MR) is 119 cm³/mol. The number of aryl methyl sites for hydroxylation is 1. The maximum atomic E-state index is 14.3. The van der Waals surface area contributed by atoms with Crippen LogP contribution in [0.2, 0.25) is 0 Å². The van der Waals surface area contributed by atoms with Crippen LogP contribution in [0.25, 0.3) is 11.4 Å². The fraction of sp³-hybridized carbons (Fsp3) is 0.615. The van der Waals surface area contributed by atoms with E-state index in [0.717, 1.165) is 36.3 Å².